The maximum Gasteiger partial charge on any atom is 0.337 e. The molecule has 0 fully saturated rings. The van der Waals surface area contributed by atoms with E-state index in [0.29, 0.717) is 32.8 Å². The monoisotopic (exact) mass is 508 g/mol. The lowest BCUT2D eigenvalue weighted by Gasteiger charge is -2.33. The number of nitrogens with one attached hydrogen (secondary N) is 1. The average molecular weight is 509 g/mol. The van der Waals surface area contributed by atoms with Crippen LogP contribution in [0, 0.1) is 11.3 Å². The van der Waals surface area contributed by atoms with Gasteiger partial charge in [0.1, 0.15) is 5.00 Å². The summed E-state index contributed by atoms with van der Waals surface area (Å²) >= 11 is 7.60. The molecule has 0 aliphatic heterocycles. The van der Waals surface area contributed by atoms with Gasteiger partial charge in [0, 0.05) is 21.8 Å². The zero-order chi connectivity index (χ0) is 25.2. The van der Waals surface area contributed by atoms with Gasteiger partial charge in [0.25, 0.3) is 5.91 Å². The van der Waals surface area contributed by atoms with Crippen LogP contribution in [0.3, 0.4) is 0 Å². The highest BCUT2D eigenvalue weighted by atomic mass is 35.5. The molecule has 3 aromatic rings. The number of thiophene rings is 1. The van der Waals surface area contributed by atoms with Crippen molar-refractivity contribution in [3.8, 4) is 0 Å². The number of benzene rings is 2. The van der Waals surface area contributed by atoms with E-state index in [1.165, 1.54) is 12.0 Å². The fourth-order valence-corrected chi connectivity index (χ4v) is 5.71. The van der Waals surface area contributed by atoms with E-state index in [1.54, 1.807) is 53.9 Å². The van der Waals surface area contributed by atoms with Gasteiger partial charge in [-0.3, -0.25) is 4.79 Å². The molecule has 2 aromatic carbocycles. The summed E-state index contributed by atoms with van der Waals surface area (Å²) in [6.45, 7) is 6.84. The highest BCUT2D eigenvalue weighted by molar-refractivity contribution is 7.16. The summed E-state index contributed by atoms with van der Waals surface area (Å²) in [6.07, 6.45) is 4.60. The number of fused-ring (bicyclic) bond motifs is 1. The van der Waals surface area contributed by atoms with Crippen molar-refractivity contribution >= 4 is 51.7 Å². The van der Waals surface area contributed by atoms with Gasteiger partial charge in [0.2, 0.25) is 0 Å². The standard InChI is InChI=1S/C28H29ClN2O3S/c1-28(2,3)19-9-14-22-23(15-19)35-26(24(22)25(32)31-21-12-10-20(29)11-13-21)30-16-17-5-7-18(8-6-17)27(33)34-4/h5-8,10-13,16,19H,9,14-15H2,1-4H3,(H,31,32)/t19-/m0/s1. The van der Waals surface area contributed by atoms with Crippen molar-refractivity contribution in [2.24, 2.45) is 16.3 Å². The first kappa shape index (κ1) is 25.1. The minimum absolute atomic E-state index is 0.160. The first-order valence-electron chi connectivity index (χ1n) is 11.6. The Hall–Kier alpha value is -2.96. The first-order valence-corrected chi connectivity index (χ1v) is 12.8. The molecule has 1 heterocycles. The van der Waals surface area contributed by atoms with Crippen molar-refractivity contribution in [2.45, 2.75) is 40.0 Å². The summed E-state index contributed by atoms with van der Waals surface area (Å²) in [5.74, 6) is 0.0183. The quantitative estimate of drug-likeness (QED) is 0.289. The molecule has 5 nitrogen and oxygen atoms in total. The van der Waals surface area contributed by atoms with E-state index in [1.807, 2.05) is 12.1 Å². The van der Waals surface area contributed by atoms with Gasteiger partial charge >= 0.3 is 5.97 Å². The molecule has 0 saturated carbocycles. The summed E-state index contributed by atoms with van der Waals surface area (Å²) in [5, 5.41) is 4.33. The van der Waals surface area contributed by atoms with Crippen LogP contribution in [0.2, 0.25) is 5.02 Å². The lowest BCUT2D eigenvalue weighted by atomic mass is 9.72. The predicted molar refractivity (Wildman–Crippen MR) is 144 cm³/mol. The van der Waals surface area contributed by atoms with Crippen LogP contribution in [0.15, 0.2) is 53.5 Å². The normalized spacial score (nSPS) is 15.6. The molecule has 35 heavy (non-hydrogen) atoms. The summed E-state index contributed by atoms with van der Waals surface area (Å²) < 4.78 is 4.76. The number of nitrogens with zero attached hydrogens (tertiary/aromatic N) is 1. The van der Waals surface area contributed by atoms with Crippen LogP contribution in [-0.2, 0) is 17.6 Å². The molecule has 0 unspecified atom stereocenters. The van der Waals surface area contributed by atoms with Gasteiger partial charge in [0.15, 0.2) is 0 Å². The summed E-state index contributed by atoms with van der Waals surface area (Å²) in [7, 11) is 1.36. The third kappa shape index (κ3) is 5.82. The lowest BCUT2D eigenvalue weighted by Crippen LogP contribution is -2.27. The summed E-state index contributed by atoms with van der Waals surface area (Å²) in [5.41, 5.74) is 3.96. The van der Waals surface area contributed by atoms with E-state index < -0.39 is 0 Å². The van der Waals surface area contributed by atoms with Crippen molar-refractivity contribution < 1.29 is 14.3 Å². The first-order chi connectivity index (χ1) is 16.7. The number of amides is 1. The van der Waals surface area contributed by atoms with Crippen LogP contribution in [0.1, 0.15) is 63.9 Å². The SMILES string of the molecule is COC(=O)c1ccc(C=Nc2sc3c(c2C(=O)Nc2ccc(Cl)cc2)CC[C@H](C(C)(C)C)C3)cc1. The Balaban J connectivity index is 1.66. The average Bonchev–Trinajstić information content (AvgIpc) is 3.21. The number of ether oxygens (including phenoxy) is 1. The van der Waals surface area contributed by atoms with E-state index in [9.17, 15) is 9.59 Å². The molecular formula is C28H29ClN2O3S. The molecular weight excluding hydrogens is 480 g/mol. The van der Waals surface area contributed by atoms with Crippen LogP contribution in [-0.4, -0.2) is 25.2 Å². The second kappa shape index (κ2) is 10.3. The number of methoxy groups -OCH3 is 1. The van der Waals surface area contributed by atoms with Gasteiger partial charge < -0.3 is 10.1 Å². The van der Waals surface area contributed by atoms with Crippen molar-refractivity contribution in [1.29, 1.82) is 0 Å². The Bertz CT molecular complexity index is 1260. The fourth-order valence-electron chi connectivity index (χ4n) is 4.32. The number of esters is 1. The highest BCUT2D eigenvalue weighted by Crippen LogP contribution is 2.45. The Kier molecular flexibility index (Phi) is 7.43. The molecule has 182 valence electrons. The molecule has 0 saturated heterocycles. The molecule has 1 amide bonds. The fraction of sp³-hybridized carbons (Fsp3) is 0.321. The summed E-state index contributed by atoms with van der Waals surface area (Å²) in [4.78, 5) is 31.1. The maximum atomic E-state index is 13.4. The number of anilines is 1. The van der Waals surface area contributed by atoms with Gasteiger partial charge in [-0.1, -0.05) is 44.5 Å². The smallest absolute Gasteiger partial charge is 0.337 e. The van der Waals surface area contributed by atoms with Gasteiger partial charge in [-0.05, 0) is 78.1 Å². The van der Waals surface area contributed by atoms with Crippen LogP contribution in [0.5, 0.6) is 0 Å². The third-order valence-corrected chi connectivity index (χ3v) is 7.88. The van der Waals surface area contributed by atoms with Crippen molar-refractivity contribution in [3.63, 3.8) is 0 Å². The van der Waals surface area contributed by atoms with Crippen LogP contribution < -0.4 is 5.32 Å². The molecule has 1 N–H and O–H groups in total. The Morgan fingerprint density at radius 1 is 1.11 bits per heavy atom. The predicted octanol–water partition coefficient (Wildman–Crippen LogP) is 7.34. The van der Waals surface area contributed by atoms with Crippen molar-refractivity contribution in [1.82, 2.24) is 0 Å². The maximum absolute atomic E-state index is 13.4. The summed E-state index contributed by atoms with van der Waals surface area (Å²) in [6, 6.07) is 14.1. The zero-order valence-corrected chi connectivity index (χ0v) is 21.9. The van der Waals surface area contributed by atoms with Crippen LogP contribution in [0.25, 0.3) is 0 Å². The van der Waals surface area contributed by atoms with Gasteiger partial charge in [-0.25, -0.2) is 9.79 Å². The van der Waals surface area contributed by atoms with E-state index >= 15 is 0 Å². The van der Waals surface area contributed by atoms with Crippen LogP contribution >= 0.6 is 22.9 Å². The Morgan fingerprint density at radius 2 is 1.80 bits per heavy atom. The lowest BCUT2D eigenvalue weighted by molar-refractivity contribution is 0.0600. The Morgan fingerprint density at radius 3 is 2.43 bits per heavy atom. The second-order valence-corrected chi connectivity index (χ2v) is 11.3. The number of aliphatic imine (C=N–C) groups is 1. The topological polar surface area (TPSA) is 67.8 Å². The molecule has 0 spiro atoms. The van der Waals surface area contributed by atoms with Crippen LogP contribution in [0.4, 0.5) is 10.7 Å². The van der Waals surface area contributed by atoms with Crippen molar-refractivity contribution in [3.05, 3.63) is 80.7 Å². The second-order valence-electron chi connectivity index (χ2n) is 9.82. The molecule has 0 radical (unpaired) electrons. The number of rotatable bonds is 5. The molecule has 1 aliphatic carbocycles. The largest absolute Gasteiger partial charge is 0.465 e. The van der Waals surface area contributed by atoms with E-state index in [-0.39, 0.29) is 17.3 Å². The number of carbonyl (C=O) groups is 2. The number of halogens is 1. The van der Waals surface area contributed by atoms with E-state index in [2.05, 4.69) is 26.1 Å². The van der Waals surface area contributed by atoms with E-state index in [0.717, 1.165) is 30.4 Å². The third-order valence-electron chi connectivity index (χ3n) is 6.46. The van der Waals surface area contributed by atoms with E-state index in [4.69, 9.17) is 21.3 Å². The highest BCUT2D eigenvalue weighted by Gasteiger charge is 2.33. The van der Waals surface area contributed by atoms with Gasteiger partial charge in [-0.15, -0.1) is 11.3 Å². The molecule has 7 heteroatoms. The van der Waals surface area contributed by atoms with Crippen molar-refractivity contribution in [2.75, 3.05) is 12.4 Å². The molecule has 1 atom stereocenters. The number of hydrogen-bond donors (Lipinski definition) is 1. The van der Waals surface area contributed by atoms with Gasteiger partial charge in [0.05, 0.1) is 18.2 Å². The molecule has 0 bridgehead atoms. The minimum atomic E-state index is -0.381. The number of carbonyl (C=O) groups excluding carboxylic acids is 2. The Labute approximate surface area is 215 Å². The number of hydrogen-bond acceptors (Lipinski definition) is 5. The molecule has 4 rings (SSSR count). The molecule has 1 aromatic heterocycles. The minimum Gasteiger partial charge on any atom is -0.465 e. The zero-order valence-electron chi connectivity index (χ0n) is 20.4. The van der Waals surface area contributed by atoms with Gasteiger partial charge in [-0.2, -0.15) is 0 Å². The molecule has 1 aliphatic rings.